The number of imide groups is 1. The molecule has 1 N–H and O–H groups in total. The van der Waals surface area contributed by atoms with Crippen molar-refractivity contribution in [3.05, 3.63) is 59.7 Å². The van der Waals surface area contributed by atoms with Crippen molar-refractivity contribution in [1.82, 2.24) is 19.4 Å². The third-order valence-electron chi connectivity index (χ3n) is 7.12. The van der Waals surface area contributed by atoms with Gasteiger partial charge in [0, 0.05) is 32.6 Å². The van der Waals surface area contributed by atoms with Gasteiger partial charge in [-0.1, -0.05) is 24.3 Å². The summed E-state index contributed by atoms with van der Waals surface area (Å²) in [5.74, 6) is 0.436. The van der Waals surface area contributed by atoms with Gasteiger partial charge in [-0.05, 0) is 55.2 Å². The van der Waals surface area contributed by atoms with Gasteiger partial charge in [0.2, 0.25) is 10.0 Å². The standard InChI is InChI=1S/C25H30N4O5S/c1-2-34-21-7-9-22(10-8-21)35(32,33)28-15-13-27(14-16-28)18-29-23(30)25(26-24(29)31)12-11-19-5-3-4-6-20(19)17-25/h3-10H,2,11-18H2,1H3,(H,26,31). The van der Waals surface area contributed by atoms with Crippen molar-refractivity contribution in [2.45, 2.75) is 36.6 Å². The zero-order chi connectivity index (χ0) is 24.6. The first-order chi connectivity index (χ1) is 16.8. The smallest absolute Gasteiger partial charge is 0.326 e. The van der Waals surface area contributed by atoms with Crippen LogP contribution in [0.3, 0.4) is 0 Å². The van der Waals surface area contributed by atoms with Crippen molar-refractivity contribution < 1.29 is 22.7 Å². The van der Waals surface area contributed by atoms with Gasteiger partial charge in [0.05, 0.1) is 18.2 Å². The van der Waals surface area contributed by atoms with Gasteiger partial charge in [-0.3, -0.25) is 9.69 Å². The molecule has 2 fully saturated rings. The molecule has 1 aliphatic carbocycles. The molecule has 186 valence electrons. The third kappa shape index (κ3) is 4.41. The largest absolute Gasteiger partial charge is 0.494 e. The molecule has 2 heterocycles. The maximum absolute atomic E-state index is 13.4. The van der Waals surface area contributed by atoms with Gasteiger partial charge in [-0.2, -0.15) is 4.31 Å². The van der Waals surface area contributed by atoms with Crippen LogP contribution in [0.1, 0.15) is 24.5 Å². The monoisotopic (exact) mass is 498 g/mol. The first-order valence-corrected chi connectivity index (χ1v) is 13.4. The summed E-state index contributed by atoms with van der Waals surface area (Å²) in [6.45, 7) is 3.99. The Hall–Kier alpha value is -2.95. The minimum absolute atomic E-state index is 0.158. The normalized spacial score (nSPS) is 23.4. The minimum atomic E-state index is -3.63. The van der Waals surface area contributed by atoms with Crippen LogP contribution in [-0.4, -0.2) is 79.5 Å². The number of piperazine rings is 1. The van der Waals surface area contributed by atoms with E-state index in [1.807, 2.05) is 30.0 Å². The van der Waals surface area contributed by atoms with Crippen LogP contribution in [0.15, 0.2) is 53.4 Å². The number of carbonyl (C=O) groups excluding carboxylic acids is 2. The average Bonchev–Trinajstić information content (AvgIpc) is 3.08. The van der Waals surface area contributed by atoms with Crippen LogP contribution in [0.25, 0.3) is 0 Å². The molecular weight excluding hydrogens is 468 g/mol. The van der Waals surface area contributed by atoms with Gasteiger partial charge < -0.3 is 10.1 Å². The Morgan fingerprint density at radius 3 is 2.34 bits per heavy atom. The highest BCUT2D eigenvalue weighted by Crippen LogP contribution is 2.33. The first kappa shape index (κ1) is 23.8. The number of sulfonamides is 1. The maximum atomic E-state index is 13.4. The number of nitrogens with one attached hydrogen (secondary N) is 1. The predicted octanol–water partition coefficient (Wildman–Crippen LogP) is 1.83. The van der Waals surface area contributed by atoms with E-state index in [2.05, 4.69) is 11.4 Å². The molecule has 0 bridgehead atoms. The van der Waals surface area contributed by atoms with Crippen LogP contribution in [-0.2, 0) is 27.7 Å². The molecule has 2 aromatic carbocycles. The van der Waals surface area contributed by atoms with Crippen molar-refractivity contribution in [3.63, 3.8) is 0 Å². The first-order valence-electron chi connectivity index (χ1n) is 12.0. The fraction of sp³-hybridized carbons (Fsp3) is 0.440. The van der Waals surface area contributed by atoms with Crippen LogP contribution < -0.4 is 10.1 Å². The van der Waals surface area contributed by atoms with E-state index in [9.17, 15) is 18.0 Å². The molecule has 1 atom stereocenters. The molecule has 35 heavy (non-hydrogen) atoms. The molecule has 3 amide bonds. The lowest BCUT2D eigenvalue weighted by atomic mass is 9.78. The van der Waals surface area contributed by atoms with E-state index in [4.69, 9.17) is 4.74 Å². The van der Waals surface area contributed by atoms with Crippen LogP contribution >= 0.6 is 0 Å². The van der Waals surface area contributed by atoms with Crippen LogP contribution in [0.4, 0.5) is 4.79 Å². The number of amides is 3. The fourth-order valence-corrected chi connectivity index (χ4v) is 6.59. The van der Waals surface area contributed by atoms with Crippen molar-refractivity contribution in [3.8, 4) is 5.75 Å². The quantitative estimate of drug-likeness (QED) is 0.610. The highest BCUT2D eigenvalue weighted by Gasteiger charge is 2.52. The molecule has 2 saturated heterocycles. The van der Waals surface area contributed by atoms with Crippen LogP contribution in [0.2, 0.25) is 0 Å². The zero-order valence-electron chi connectivity index (χ0n) is 19.8. The van der Waals surface area contributed by atoms with Gasteiger partial charge >= 0.3 is 6.03 Å². The lowest BCUT2D eigenvalue weighted by molar-refractivity contribution is -0.133. The van der Waals surface area contributed by atoms with Gasteiger partial charge in [0.25, 0.3) is 5.91 Å². The number of benzene rings is 2. The minimum Gasteiger partial charge on any atom is -0.494 e. The molecule has 5 rings (SSSR count). The number of rotatable bonds is 6. The Kier molecular flexibility index (Phi) is 6.29. The highest BCUT2D eigenvalue weighted by atomic mass is 32.2. The number of hydrogen-bond acceptors (Lipinski definition) is 6. The van der Waals surface area contributed by atoms with Crippen molar-refractivity contribution in [1.29, 1.82) is 0 Å². The topological polar surface area (TPSA) is 99.3 Å². The van der Waals surface area contributed by atoms with Gasteiger partial charge in [0.15, 0.2) is 0 Å². The second-order valence-electron chi connectivity index (χ2n) is 9.26. The molecule has 1 spiro atoms. The Balaban J connectivity index is 1.21. The number of urea groups is 1. The zero-order valence-corrected chi connectivity index (χ0v) is 20.6. The van der Waals surface area contributed by atoms with Gasteiger partial charge in [0.1, 0.15) is 11.3 Å². The van der Waals surface area contributed by atoms with Crippen LogP contribution in [0.5, 0.6) is 5.75 Å². The highest BCUT2D eigenvalue weighted by molar-refractivity contribution is 7.89. The number of nitrogens with zero attached hydrogens (tertiary/aromatic N) is 3. The summed E-state index contributed by atoms with van der Waals surface area (Å²) in [6.07, 6.45) is 1.83. The predicted molar refractivity (Wildman–Crippen MR) is 129 cm³/mol. The average molecular weight is 499 g/mol. The summed E-state index contributed by atoms with van der Waals surface area (Å²) in [6, 6.07) is 14.1. The summed E-state index contributed by atoms with van der Waals surface area (Å²) in [5.41, 5.74) is 1.44. The van der Waals surface area contributed by atoms with Crippen LogP contribution in [0, 0.1) is 0 Å². The number of aryl methyl sites for hydroxylation is 1. The van der Waals surface area contributed by atoms with E-state index < -0.39 is 15.6 Å². The summed E-state index contributed by atoms with van der Waals surface area (Å²) < 4.78 is 32.9. The van der Waals surface area contributed by atoms with E-state index in [1.54, 1.807) is 24.3 Å². The Morgan fingerprint density at radius 2 is 1.66 bits per heavy atom. The fourth-order valence-electron chi connectivity index (χ4n) is 5.16. The summed E-state index contributed by atoms with van der Waals surface area (Å²) in [4.78, 5) is 29.6. The number of carbonyl (C=O) groups is 2. The van der Waals surface area contributed by atoms with E-state index in [0.29, 0.717) is 38.3 Å². The number of hydrogen-bond donors (Lipinski definition) is 1. The van der Waals surface area contributed by atoms with E-state index >= 15 is 0 Å². The van der Waals surface area contributed by atoms with E-state index in [1.165, 1.54) is 14.8 Å². The molecule has 2 aliphatic heterocycles. The Labute approximate surface area is 205 Å². The molecule has 0 saturated carbocycles. The van der Waals surface area contributed by atoms with Gasteiger partial charge in [-0.25, -0.2) is 18.1 Å². The lowest BCUT2D eigenvalue weighted by Crippen LogP contribution is -2.54. The summed E-state index contributed by atoms with van der Waals surface area (Å²) in [7, 11) is -3.63. The molecule has 0 aromatic heterocycles. The Bertz CT molecular complexity index is 1220. The molecule has 0 radical (unpaired) electrons. The number of ether oxygens (including phenoxy) is 1. The maximum Gasteiger partial charge on any atom is 0.326 e. The SMILES string of the molecule is CCOc1ccc(S(=O)(=O)N2CCN(CN3C(=O)NC4(CCc5ccccc5C4)C3=O)CC2)cc1. The molecule has 2 aromatic rings. The number of fused-ring (bicyclic) bond motifs is 1. The second kappa shape index (κ2) is 9.25. The van der Waals surface area contributed by atoms with E-state index in [-0.39, 0.29) is 36.6 Å². The molecule has 3 aliphatic rings. The van der Waals surface area contributed by atoms with Crippen molar-refractivity contribution in [2.24, 2.45) is 0 Å². The molecular formula is C25H30N4O5S. The summed E-state index contributed by atoms with van der Waals surface area (Å²) in [5, 5.41) is 2.96. The summed E-state index contributed by atoms with van der Waals surface area (Å²) >= 11 is 0. The lowest BCUT2D eigenvalue weighted by Gasteiger charge is -2.36. The van der Waals surface area contributed by atoms with E-state index in [0.717, 1.165) is 12.0 Å². The molecule has 9 nitrogen and oxygen atoms in total. The van der Waals surface area contributed by atoms with Crippen molar-refractivity contribution >= 4 is 22.0 Å². The molecule has 10 heteroatoms. The van der Waals surface area contributed by atoms with Crippen molar-refractivity contribution in [2.75, 3.05) is 39.5 Å². The molecule has 1 unspecified atom stereocenters. The second-order valence-corrected chi connectivity index (χ2v) is 11.2. The third-order valence-corrected chi connectivity index (χ3v) is 9.04. The Morgan fingerprint density at radius 1 is 0.971 bits per heavy atom. The van der Waals surface area contributed by atoms with Gasteiger partial charge in [-0.15, -0.1) is 0 Å².